The molecule has 1 aromatic rings. The minimum absolute atomic E-state index is 0.160. The van der Waals surface area contributed by atoms with E-state index < -0.39 is 18.3 Å². The molecule has 0 aliphatic heterocycles. The number of alkyl halides is 3. The van der Waals surface area contributed by atoms with Crippen LogP contribution in [-0.2, 0) is 5.60 Å². The molecule has 0 radical (unpaired) electrons. The molecule has 0 aliphatic carbocycles. The Kier molecular flexibility index (Phi) is 4.81. The number of aliphatic hydroxyl groups is 1. The summed E-state index contributed by atoms with van der Waals surface area (Å²) >= 11 is 0. The maximum absolute atomic E-state index is 13.1. The van der Waals surface area contributed by atoms with Gasteiger partial charge in [0.05, 0.1) is 7.11 Å². The van der Waals surface area contributed by atoms with Gasteiger partial charge in [0.2, 0.25) is 0 Å². The number of ether oxygens (including phenoxy) is 1. The van der Waals surface area contributed by atoms with Crippen molar-refractivity contribution in [1.29, 1.82) is 0 Å². The van der Waals surface area contributed by atoms with Crippen molar-refractivity contribution in [2.24, 2.45) is 0 Å². The molecule has 1 rings (SSSR count). The minimum atomic E-state index is -4.76. The smallest absolute Gasteiger partial charge is 0.422 e. The van der Waals surface area contributed by atoms with Crippen molar-refractivity contribution < 1.29 is 23.0 Å². The monoisotopic (exact) mass is 277 g/mol. The highest BCUT2D eigenvalue weighted by Gasteiger charge is 2.54. The Morgan fingerprint density at radius 1 is 1.21 bits per heavy atom. The number of halogens is 3. The van der Waals surface area contributed by atoms with E-state index >= 15 is 0 Å². The van der Waals surface area contributed by atoms with Gasteiger partial charge in [-0.2, -0.15) is 13.2 Å². The lowest BCUT2D eigenvalue weighted by atomic mass is 9.92. The molecule has 0 heterocycles. The van der Waals surface area contributed by atoms with Crippen LogP contribution in [0.2, 0.25) is 0 Å². The van der Waals surface area contributed by atoms with Gasteiger partial charge in [-0.05, 0) is 17.7 Å². The van der Waals surface area contributed by atoms with E-state index in [9.17, 15) is 18.3 Å². The second kappa shape index (κ2) is 5.79. The van der Waals surface area contributed by atoms with Crippen molar-refractivity contribution in [3.8, 4) is 5.75 Å². The van der Waals surface area contributed by atoms with Crippen LogP contribution in [0.25, 0.3) is 0 Å². The molecule has 0 bridgehead atoms. The fourth-order valence-corrected chi connectivity index (χ4v) is 1.58. The molecule has 19 heavy (non-hydrogen) atoms. The van der Waals surface area contributed by atoms with Crippen LogP contribution in [0.5, 0.6) is 5.75 Å². The molecule has 0 saturated carbocycles. The molecule has 2 N–H and O–H groups in total. The molecule has 0 fully saturated rings. The highest BCUT2D eigenvalue weighted by atomic mass is 19.4. The third-order valence-corrected chi connectivity index (χ3v) is 2.80. The van der Waals surface area contributed by atoms with E-state index in [4.69, 9.17) is 4.74 Å². The summed E-state index contributed by atoms with van der Waals surface area (Å²) in [5.74, 6) is 0.435. The predicted molar refractivity (Wildman–Crippen MR) is 66.1 cm³/mol. The van der Waals surface area contributed by atoms with Crippen molar-refractivity contribution >= 4 is 0 Å². The molecule has 3 nitrogen and oxygen atoms in total. The van der Waals surface area contributed by atoms with Gasteiger partial charge in [-0.15, -0.1) is 0 Å². The second-order valence-electron chi connectivity index (χ2n) is 4.62. The van der Waals surface area contributed by atoms with Gasteiger partial charge in [-0.1, -0.05) is 26.0 Å². The standard InChI is InChI=1S/C13H18F3NO2/c1-9(2)17-8-12(18,13(14,15)16)10-4-6-11(19-3)7-5-10/h4-7,9,17-18H,8H2,1-3H3. The molecule has 0 saturated heterocycles. The molecule has 1 atom stereocenters. The van der Waals surface area contributed by atoms with Crippen LogP contribution in [0.15, 0.2) is 24.3 Å². The van der Waals surface area contributed by atoms with Crippen LogP contribution >= 0.6 is 0 Å². The van der Waals surface area contributed by atoms with Gasteiger partial charge in [0.25, 0.3) is 0 Å². The van der Waals surface area contributed by atoms with Gasteiger partial charge >= 0.3 is 6.18 Å². The van der Waals surface area contributed by atoms with E-state index in [1.807, 2.05) is 0 Å². The highest BCUT2D eigenvalue weighted by Crippen LogP contribution is 2.39. The minimum Gasteiger partial charge on any atom is -0.497 e. The molecule has 108 valence electrons. The van der Waals surface area contributed by atoms with Gasteiger partial charge in [-0.25, -0.2) is 0 Å². The number of methoxy groups -OCH3 is 1. The lowest BCUT2D eigenvalue weighted by Crippen LogP contribution is -2.51. The number of benzene rings is 1. The zero-order chi connectivity index (χ0) is 14.7. The largest absolute Gasteiger partial charge is 0.497 e. The normalized spacial score (nSPS) is 15.4. The fourth-order valence-electron chi connectivity index (χ4n) is 1.58. The average molecular weight is 277 g/mol. The van der Waals surface area contributed by atoms with Crippen molar-refractivity contribution in [2.75, 3.05) is 13.7 Å². The number of nitrogens with one attached hydrogen (secondary N) is 1. The number of rotatable bonds is 5. The van der Waals surface area contributed by atoms with Crippen LogP contribution in [0, 0.1) is 0 Å². The molecule has 0 spiro atoms. The Balaban J connectivity index is 3.08. The number of hydrogen-bond donors (Lipinski definition) is 2. The van der Waals surface area contributed by atoms with Gasteiger partial charge < -0.3 is 15.2 Å². The van der Waals surface area contributed by atoms with Crippen molar-refractivity contribution in [2.45, 2.75) is 31.7 Å². The Morgan fingerprint density at radius 2 is 1.74 bits per heavy atom. The summed E-state index contributed by atoms with van der Waals surface area (Å²) in [6.45, 7) is 2.83. The predicted octanol–water partition coefficient (Wildman–Crippen LogP) is 2.44. The average Bonchev–Trinajstić information content (AvgIpc) is 2.34. The molecule has 0 aromatic heterocycles. The first-order valence-corrected chi connectivity index (χ1v) is 5.87. The van der Waals surface area contributed by atoms with Gasteiger partial charge in [-0.3, -0.25) is 0 Å². The first-order valence-electron chi connectivity index (χ1n) is 5.87. The Morgan fingerprint density at radius 3 is 2.11 bits per heavy atom. The van der Waals surface area contributed by atoms with Crippen LogP contribution in [0.1, 0.15) is 19.4 Å². The number of hydrogen-bond acceptors (Lipinski definition) is 3. The van der Waals surface area contributed by atoms with E-state index in [2.05, 4.69) is 5.32 Å². The van der Waals surface area contributed by atoms with Crippen LogP contribution < -0.4 is 10.1 Å². The SMILES string of the molecule is COc1ccc(C(O)(CNC(C)C)C(F)(F)F)cc1. The molecule has 1 unspecified atom stereocenters. The van der Waals surface area contributed by atoms with Crippen LogP contribution in [0.3, 0.4) is 0 Å². The van der Waals surface area contributed by atoms with Crippen molar-refractivity contribution in [3.63, 3.8) is 0 Å². The summed E-state index contributed by atoms with van der Waals surface area (Å²) in [6, 6.07) is 5.05. The quantitative estimate of drug-likeness (QED) is 0.868. The summed E-state index contributed by atoms with van der Waals surface area (Å²) in [5, 5.41) is 12.6. The fraction of sp³-hybridized carbons (Fsp3) is 0.538. The van der Waals surface area contributed by atoms with Gasteiger partial charge in [0, 0.05) is 12.6 Å². The molecule has 6 heteroatoms. The Hall–Kier alpha value is -1.27. The van der Waals surface area contributed by atoms with E-state index in [1.165, 1.54) is 31.4 Å². The third-order valence-electron chi connectivity index (χ3n) is 2.80. The highest BCUT2D eigenvalue weighted by molar-refractivity contribution is 5.32. The van der Waals surface area contributed by atoms with E-state index in [0.29, 0.717) is 5.75 Å². The molecule has 0 aliphatic rings. The molecule has 1 aromatic carbocycles. The first kappa shape index (κ1) is 15.8. The second-order valence-corrected chi connectivity index (χ2v) is 4.62. The van der Waals surface area contributed by atoms with Crippen LogP contribution in [-0.4, -0.2) is 31.0 Å². The molecular weight excluding hydrogens is 259 g/mol. The first-order chi connectivity index (χ1) is 8.70. The topological polar surface area (TPSA) is 41.5 Å². The molecular formula is C13H18F3NO2. The van der Waals surface area contributed by atoms with Gasteiger partial charge in [0.15, 0.2) is 5.60 Å². The maximum atomic E-state index is 13.1. The van der Waals surface area contributed by atoms with Crippen molar-refractivity contribution in [1.82, 2.24) is 5.32 Å². The van der Waals surface area contributed by atoms with E-state index in [1.54, 1.807) is 13.8 Å². The summed E-state index contributed by atoms with van der Waals surface area (Å²) in [4.78, 5) is 0. The van der Waals surface area contributed by atoms with Crippen LogP contribution in [0.4, 0.5) is 13.2 Å². The third kappa shape index (κ3) is 3.61. The maximum Gasteiger partial charge on any atom is 0.422 e. The zero-order valence-electron chi connectivity index (χ0n) is 11.1. The summed E-state index contributed by atoms with van der Waals surface area (Å²) < 4.78 is 44.2. The lowest BCUT2D eigenvalue weighted by Gasteiger charge is -2.32. The Labute approximate surface area is 110 Å². The van der Waals surface area contributed by atoms with E-state index in [-0.39, 0.29) is 11.6 Å². The van der Waals surface area contributed by atoms with Gasteiger partial charge in [0.1, 0.15) is 5.75 Å². The van der Waals surface area contributed by atoms with Crippen molar-refractivity contribution in [3.05, 3.63) is 29.8 Å². The summed E-state index contributed by atoms with van der Waals surface area (Å²) in [7, 11) is 1.42. The summed E-state index contributed by atoms with van der Waals surface area (Å²) in [5.41, 5.74) is -3.13. The molecule has 0 amide bonds. The lowest BCUT2D eigenvalue weighted by molar-refractivity contribution is -0.264. The summed E-state index contributed by atoms with van der Waals surface area (Å²) in [6.07, 6.45) is -4.76. The zero-order valence-corrected chi connectivity index (χ0v) is 11.1. The Bertz CT molecular complexity index is 403. The van der Waals surface area contributed by atoms with E-state index in [0.717, 1.165) is 0 Å².